The number of fused-ring (bicyclic) bond motifs is 1. The van der Waals surface area contributed by atoms with Gasteiger partial charge in [-0.05, 0) is 30.7 Å². The number of anilines is 1. The Morgan fingerprint density at radius 1 is 1.24 bits per heavy atom. The van der Waals surface area contributed by atoms with Crippen molar-refractivity contribution in [1.29, 1.82) is 0 Å². The minimum absolute atomic E-state index is 0.0237. The second-order valence-corrected chi connectivity index (χ2v) is 9.90. The summed E-state index contributed by atoms with van der Waals surface area (Å²) in [6.45, 7) is 2.36. The molecule has 0 unspecified atom stereocenters. The Kier molecular flexibility index (Phi) is 6.94. The van der Waals surface area contributed by atoms with Crippen molar-refractivity contribution < 1.29 is 17.9 Å². The summed E-state index contributed by atoms with van der Waals surface area (Å²) in [7, 11) is 0. The fourth-order valence-corrected chi connectivity index (χ4v) is 5.50. The largest absolute Gasteiger partial charge is 0.460 e. The summed E-state index contributed by atoms with van der Waals surface area (Å²) in [6.07, 6.45) is 10.7. The van der Waals surface area contributed by atoms with Gasteiger partial charge in [-0.3, -0.25) is 0 Å². The molecule has 0 spiro atoms. The fraction of sp³-hybridized carbons (Fsp3) is 0.269. The lowest BCUT2D eigenvalue weighted by Gasteiger charge is -2.35. The molecule has 3 atom stereocenters. The molecule has 194 valence electrons. The predicted molar refractivity (Wildman–Crippen MR) is 140 cm³/mol. The minimum atomic E-state index is -1.05. The van der Waals surface area contributed by atoms with Crippen LogP contribution in [0.3, 0.4) is 0 Å². The van der Waals surface area contributed by atoms with E-state index < -0.39 is 29.1 Å². The second-order valence-electron chi connectivity index (χ2n) is 8.86. The quantitative estimate of drug-likeness (QED) is 0.474. The van der Waals surface area contributed by atoms with E-state index in [-0.39, 0.29) is 29.6 Å². The number of hydrogen-bond acceptors (Lipinski definition) is 9. The molecule has 0 bridgehead atoms. The lowest BCUT2D eigenvalue weighted by atomic mass is 9.81. The van der Waals surface area contributed by atoms with E-state index in [1.807, 2.05) is 4.90 Å². The molecule has 3 aromatic rings. The molecule has 12 heteroatoms. The van der Waals surface area contributed by atoms with E-state index >= 15 is 8.78 Å². The van der Waals surface area contributed by atoms with Gasteiger partial charge in [0.25, 0.3) is 0 Å². The average molecular weight is 538 g/mol. The first-order chi connectivity index (χ1) is 18.3. The normalized spacial score (nSPS) is 21.9. The summed E-state index contributed by atoms with van der Waals surface area (Å²) in [6, 6.07) is 4.29. The van der Waals surface area contributed by atoms with Crippen LogP contribution >= 0.6 is 11.8 Å². The number of nitrogens with two attached hydrogens (primary N) is 1. The number of aromatic nitrogens is 4. The van der Waals surface area contributed by atoms with Crippen LogP contribution < -0.4 is 15.4 Å². The van der Waals surface area contributed by atoms with E-state index in [9.17, 15) is 4.39 Å². The molecule has 1 aromatic carbocycles. The molecule has 4 heterocycles. The van der Waals surface area contributed by atoms with Gasteiger partial charge in [-0.1, -0.05) is 23.7 Å². The number of halogens is 3. The second kappa shape index (κ2) is 10.3. The summed E-state index contributed by atoms with van der Waals surface area (Å²) in [4.78, 5) is 22.7. The van der Waals surface area contributed by atoms with Crippen molar-refractivity contribution in [3.63, 3.8) is 0 Å². The summed E-state index contributed by atoms with van der Waals surface area (Å²) >= 11 is 1.38. The van der Waals surface area contributed by atoms with Gasteiger partial charge >= 0.3 is 0 Å². The van der Waals surface area contributed by atoms with Crippen molar-refractivity contribution in [3.05, 3.63) is 71.4 Å². The molecular formula is C26H22F3N7OS. The molecule has 0 radical (unpaired) electrons. The highest BCUT2D eigenvalue weighted by Gasteiger charge is 2.52. The Morgan fingerprint density at radius 3 is 2.74 bits per heavy atom. The zero-order valence-corrected chi connectivity index (χ0v) is 21.0. The Hall–Kier alpha value is -4.11. The maximum atomic E-state index is 15.4. The van der Waals surface area contributed by atoms with Gasteiger partial charge in [0.15, 0.2) is 22.9 Å². The Morgan fingerprint density at radius 2 is 2.03 bits per heavy atom. The molecule has 2 aliphatic rings. The van der Waals surface area contributed by atoms with E-state index in [0.717, 1.165) is 12.4 Å². The standard InChI is InChI=1S/C26H22F3N7OS/c1-3-15(2)37-23-11-31-22(10-32-23)21(29)7-16-4-5-20(28)19(6-16)26-14-36(25-33-8-18(27)9-34-25)12-17(26)13-38-24(30)35-26/h1,4-11,15,17H,12-14H2,2H3,(H2,30,35)/b21-7-/t15-,17-,26-/m0/s1. The smallest absolute Gasteiger partial charge is 0.233 e. The summed E-state index contributed by atoms with van der Waals surface area (Å²) < 4.78 is 49.2. The average Bonchev–Trinajstić information content (AvgIpc) is 3.30. The predicted octanol–water partition coefficient (Wildman–Crippen LogP) is 3.81. The van der Waals surface area contributed by atoms with Crippen LogP contribution in [0, 0.1) is 29.9 Å². The summed E-state index contributed by atoms with van der Waals surface area (Å²) in [5.74, 6) is 1.60. The van der Waals surface area contributed by atoms with E-state index in [2.05, 4.69) is 25.9 Å². The zero-order chi connectivity index (χ0) is 26.9. The number of thioether (sulfide) groups is 1. The third kappa shape index (κ3) is 5.02. The highest BCUT2D eigenvalue weighted by Crippen LogP contribution is 2.47. The molecule has 1 fully saturated rings. The van der Waals surface area contributed by atoms with Crippen LogP contribution in [0.25, 0.3) is 11.9 Å². The highest BCUT2D eigenvalue weighted by molar-refractivity contribution is 8.13. The van der Waals surface area contributed by atoms with Crippen molar-refractivity contribution in [2.24, 2.45) is 16.6 Å². The van der Waals surface area contributed by atoms with Crippen molar-refractivity contribution in [1.82, 2.24) is 19.9 Å². The van der Waals surface area contributed by atoms with E-state index in [0.29, 0.717) is 29.0 Å². The highest BCUT2D eigenvalue weighted by atomic mass is 32.2. The lowest BCUT2D eigenvalue weighted by Crippen LogP contribution is -2.40. The van der Waals surface area contributed by atoms with Crippen molar-refractivity contribution in [3.8, 4) is 18.2 Å². The molecule has 38 heavy (non-hydrogen) atoms. The van der Waals surface area contributed by atoms with Crippen LogP contribution in [0.2, 0.25) is 0 Å². The molecule has 0 aliphatic carbocycles. The Balaban J connectivity index is 1.47. The molecule has 1 saturated heterocycles. The van der Waals surface area contributed by atoms with Crippen LogP contribution in [0.4, 0.5) is 19.1 Å². The molecule has 5 rings (SSSR count). The first kappa shape index (κ1) is 25.5. The van der Waals surface area contributed by atoms with Gasteiger partial charge in [0.05, 0.1) is 31.3 Å². The minimum Gasteiger partial charge on any atom is -0.460 e. The maximum Gasteiger partial charge on any atom is 0.233 e. The number of ether oxygens (including phenoxy) is 1. The third-order valence-electron chi connectivity index (χ3n) is 6.33. The maximum absolute atomic E-state index is 15.4. The van der Waals surface area contributed by atoms with Crippen molar-refractivity contribution in [2.45, 2.75) is 18.6 Å². The van der Waals surface area contributed by atoms with Gasteiger partial charge < -0.3 is 15.4 Å². The number of benzene rings is 1. The Bertz CT molecular complexity index is 1440. The first-order valence-corrected chi connectivity index (χ1v) is 12.6. The molecule has 0 saturated carbocycles. The van der Waals surface area contributed by atoms with Gasteiger partial charge in [-0.2, -0.15) is 0 Å². The van der Waals surface area contributed by atoms with Crippen LogP contribution in [0.1, 0.15) is 23.7 Å². The summed E-state index contributed by atoms with van der Waals surface area (Å²) in [5.41, 5.74) is 5.70. The number of aliphatic imine (C=N–C) groups is 1. The number of hydrogen-bond donors (Lipinski definition) is 1. The first-order valence-electron chi connectivity index (χ1n) is 11.6. The van der Waals surface area contributed by atoms with Gasteiger partial charge in [0.2, 0.25) is 11.8 Å². The molecule has 2 N–H and O–H groups in total. The molecule has 0 amide bonds. The number of rotatable bonds is 6. The monoisotopic (exact) mass is 537 g/mol. The van der Waals surface area contributed by atoms with E-state index in [1.165, 1.54) is 42.4 Å². The Labute approximate surface area is 221 Å². The molecule has 2 aromatic heterocycles. The molecule has 8 nitrogen and oxygen atoms in total. The van der Waals surface area contributed by atoms with Crippen LogP contribution in [0.5, 0.6) is 5.88 Å². The van der Waals surface area contributed by atoms with E-state index in [1.54, 1.807) is 13.0 Å². The van der Waals surface area contributed by atoms with Crippen molar-refractivity contribution in [2.75, 3.05) is 23.7 Å². The van der Waals surface area contributed by atoms with E-state index in [4.69, 9.17) is 21.9 Å². The third-order valence-corrected chi connectivity index (χ3v) is 7.29. The zero-order valence-electron chi connectivity index (χ0n) is 20.2. The van der Waals surface area contributed by atoms with Gasteiger partial charge in [-0.25, -0.2) is 38.1 Å². The van der Waals surface area contributed by atoms with Gasteiger partial charge in [0.1, 0.15) is 17.1 Å². The molecular weight excluding hydrogens is 515 g/mol. The lowest BCUT2D eigenvalue weighted by molar-refractivity contribution is 0.266. The van der Waals surface area contributed by atoms with Gasteiger partial charge in [-0.15, -0.1) is 6.42 Å². The summed E-state index contributed by atoms with van der Waals surface area (Å²) in [5, 5.41) is 0.325. The van der Waals surface area contributed by atoms with Gasteiger partial charge in [0, 0.05) is 23.8 Å². The van der Waals surface area contributed by atoms with Crippen LogP contribution in [-0.2, 0) is 5.54 Å². The van der Waals surface area contributed by atoms with Crippen molar-refractivity contribution >= 4 is 34.8 Å². The van der Waals surface area contributed by atoms with Crippen LogP contribution in [-0.4, -0.2) is 50.0 Å². The fourth-order valence-electron chi connectivity index (χ4n) is 4.52. The topological polar surface area (TPSA) is 102 Å². The SMILES string of the molecule is C#C[C@H](C)Oc1cnc(/C(F)=C/c2ccc(F)c([C@]34CN(c5ncc(F)cn5)C[C@H]3CSC(N)=N4)c2)cn1. The molecule has 2 aliphatic heterocycles. The number of terminal acetylenes is 1. The number of nitrogens with zero attached hydrogens (tertiary/aromatic N) is 6. The number of amidine groups is 1. The van der Waals surface area contributed by atoms with Crippen LogP contribution in [0.15, 0.2) is 48.0 Å².